The molecule has 5 heteroatoms. The molecule has 16 heavy (non-hydrogen) atoms. The number of pyridine rings is 1. The van der Waals surface area contributed by atoms with Gasteiger partial charge in [0.2, 0.25) is 0 Å². The van der Waals surface area contributed by atoms with E-state index >= 15 is 0 Å². The van der Waals surface area contributed by atoms with E-state index in [2.05, 4.69) is 9.72 Å². The molecule has 1 atom stereocenters. The summed E-state index contributed by atoms with van der Waals surface area (Å²) >= 11 is 0. The molecule has 1 aromatic rings. The van der Waals surface area contributed by atoms with Crippen LogP contribution in [-0.2, 0) is 9.47 Å². The number of esters is 1. The SMILES string of the molecule is COC(=O)c1cc(C(=O)C(C)OC)ccn1. The van der Waals surface area contributed by atoms with Gasteiger partial charge < -0.3 is 9.47 Å². The lowest BCUT2D eigenvalue weighted by molar-refractivity contribution is 0.0593. The molecule has 1 aromatic heterocycles. The highest BCUT2D eigenvalue weighted by molar-refractivity contribution is 6.00. The first-order valence-electron chi connectivity index (χ1n) is 4.71. The van der Waals surface area contributed by atoms with E-state index < -0.39 is 12.1 Å². The molecule has 0 aromatic carbocycles. The van der Waals surface area contributed by atoms with Crippen LogP contribution >= 0.6 is 0 Å². The zero-order valence-corrected chi connectivity index (χ0v) is 9.39. The molecule has 0 aliphatic rings. The van der Waals surface area contributed by atoms with Gasteiger partial charge in [0.1, 0.15) is 11.8 Å². The van der Waals surface area contributed by atoms with Crippen molar-refractivity contribution in [3.8, 4) is 0 Å². The van der Waals surface area contributed by atoms with Crippen LogP contribution in [0.15, 0.2) is 18.3 Å². The van der Waals surface area contributed by atoms with Crippen molar-refractivity contribution >= 4 is 11.8 Å². The third kappa shape index (κ3) is 2.64. The number of hydrogen-bond acceptors (Lipinski definition) is 5. The van der Waals surface area contributed by atoms with Crippen molar-refractivity contribution in [2.45, 2.75) is 13.0 Å². The van der Waals surface area contributed by atoms with Gasteiger partial charge >= 0.3 is 5.97 Å². The van der Waals surface area contributed by atoms with Crippen molar-refractivity contribution in [1.82, 2.24) is 4.98 Å². The van der Waals surface area contributed by atoms with Gasteiger partial charge in [-0.05, 0) is 19.1 Å². The van der Waals surface area contributed by atoms with Crippen LogP contribution in [0.2, 0.25) is 0 Å². The first-order chi connectivity index (χ1) is 7.60. The van der Waals surface area contributed by atoms with Crippen molar-refractivity contribution in [1.29, 1.82) is 0 Å². The van der Waals surface area contributed by atoms with Crippen molar-refractivity contribution < 1.29 is 19.1 Å². The lowest BCUT2D eigenvalue weighted by atomic mass is 10.1. The van der Waals surface area contributed by atoms with E-state index in [4.69, 9.17) is 4.74 Å². The van der Waals surface area contributed by atoms with E-state index in [0.29, 0.717) is 5.56 Å². The van der Waals surface area contributed by atoms with Gasteiger partial charge in [0, 0.05) is 18.9 Å². The molecule has 0 bridgehead atoms. The topological polar surface area (TPSA) is 65.5 Å². The smallest absolute Gasteiger partial charge is 0.356 e. The lowest BCUT2D eigenvalue weighted by Crippen LogP contribution is -2.19. The minimum atomic E-state index is -0.570. The van der Waals surface area contributed by atoms with Crippen molar-refractivity contribution in [2.75, 3.05) is 14.2 Å². The minimum absolute atomic E-state index is 0.108. The number of carbonyl (C=O) groups is 2. The molecular formula is C11H13NO4. The summed E-state index contributed by atoms with van der Waals surface area (Å²) in [6.45, 7) is 1.64. The molecule has 0 spiro atoms. The number of ether oxygens (including phenoxy) is 2. The van der Waals surface area contributed by atoms with Crippen LogP contribution in [0.3, 0.4) is 0 Å². The highest BCUT2D eigenvalue weighted by Crippen LogP contribution is 2.07. The molecule has 0 radical (unpaired) electrons. The Labute approximate surface area is 93.4 Å². The standard InChI is InChI=1S/C11H13NO4/c1-7(15-2)10(13)8-4-5-12-9(6-8)11(14)16-3/h4-7H,1-3H3. The Morgan fingerprint density at radius 3 is 2.62 bits per heavy atom. The van der Waals surface area contributed by atoms with Gasteiger partial charge in [-0.2, -0.15) is 0 Å². The van der Waals surface area contributed by atoms with Crippen molar-refractivity contribution in [2.24, 2.45) is 0 Å². The first-order valence-corrected chi connectivity index (χ1v) is 4.71. The summed E-state index contributed by atoms with van der Waals surface area (Å²) in [6, 6.07) is 2.92. The molecule has 0 aliphatic carbocycles. The van der Waals surface area contributed by atoms with E-state index in [1.807, 2.05) is 0 Å². The number of ketones is 1. The maximum absolute atomic E-state index is 11.7. The predicted octanol–water partition coefficient (Wildman–Crippen LogP) is 1.09. The molecule has 0 aliphatic heterocycles. The Morgan fingerprint density at radius 1 is 1.38 bits per heavy atom. The normalized spacial score (nSPS) is 11.9. The van der Waals surface area contributed by atoms with Gasteiger partial charge in [0.15, 0.2) is 5.78 Å². The fraction of sp³-hybridized carbons (Fsp3) is 0.364. The highest BCUT2D eigenvalue weighted by atomic mass is 16.5. The lowest BCUT2D eigenvalue weighted by Gasteiger charge is -2.08. The van der Waals surface area contributed by atoms with Crippen molar-refractivity contribution in [3.63, 3.8) is 0 Å². The number of aromatic nitrogens is 1. The predicted molar refractivity (Wildman–Crippen MR) is 56.4 cm³/mol. The molecule has 0 saturated carbocycles. The summed E-state index contributed by atoms with van der Waals surface area (Å²) < 4.78 is 9.42. The molecule has 0 fully saturated rings. The van der Waals surface area contributed by atoms with E-state index in [1.54, 1.807) is 6.92 Å². The largest absolute Gasteiger partial charge is 0.464 e. The molecule has 1 rings (SSSR count). The molecule has 0 amide bonds. The van der Waals surface area contributed by atoms with Gasteiger partial charge in [-0.15, -0.1) is 0 Å². The number of Topliss-reactive ketones (excluding diaryl/α,β-unsaturated/α-hetero) is 1. The van der Waals surface area contributed by atoms with Crippen molar-refractivity contribution in [3.05, 3.63) is 29.6 Å². The third-order valence-electron chi connectivity index (χ3n) is 2.16. The zero-order valence-electron chi connectivity index (χ0n) is 9.39. The van der Waals surface area contributed by atoms with Crippen LogP contribution in [0.5, 0.6) is 0 Å². The van der Waals surface area contributed by atoms with E-state index in [1.165, 1.54) is 32.5 Å². The second kappa shape index (κ2) is 5.37. The van der Waals surface area contributed by atoms with Gasteiger partial charge in [-0.3, -0.25) is 4.79 Å². The minimum Gasteiger partial charge on any atom is -0.464 e. The van der Waals surface area contributed by atoms with E-state index in [-0.39, 0.29) is 11.5 Å². The van der Waals surface area contributed by atoms with E-state index in [9.17, 15) is 9.59 Å². The molecule has 5 nitrogen and oxygen atoms in total. The number of hydrogen-bond donors (Lipinski definition) is 0. The number of nitrogens with zero attached hydrogens (tertiary/aromatic N) is 1. The maximum Gasteiger partial charge on any atom is 0.356 e. The van der Waals surface area contributed by atoms with Crippen LogP contribution in [-0.4, -0.2) is 37.1 Å². The number of methoxy groups -OCH3 is 2. The molecule has 0 N–H and O–H groups in total. The molecule has 1 unspecified atom stereocenters. The fourth-order valence-electron chi connectivity index (χ4n) is 1.14. The van der Waals surface area contributed by atoms with Gasteiger partial charge in [-0.25, -0.2) is 9.78 Å². The van der Waals surface area contributed by atoms with Crippen LogP contribution in [0.25, 0.3) is 0 Å². The Bertz CT molecular complexity index is 403. The summed E-state index contributed by atoms with van der Waals surface area (Å²) in [5.41, 5.74) is 0.487. The number of rotatable bonds is 4. The Kier molecular flexibility index (Phi) is 4.13. The molecule has 1 heterocycles. The number of carbonyl (C=O) groups excluding carboxylic acids is 2. The zero-order chi connectivity index (χ0) is 12.1. The first kappa shape index (κ1) is 12.3. The summed E-state index contributed by atoms with van der Waals surface area (Å²) in [5, 5.41) is 0. The summed E-state index contributed by atoms with van der Waals surface area (Å²) in [7, 11) is 2.71. The summed E-state index contributed by atoms with van der Waals surface area (Å²) in [6.07, 6.45) is 0.842. The Hall–Kier alpha value is -1.75. The second-order valence-electron chi connectivity index (χ2n) is 3.16. The fourth-order valence-corrected chi connectivity index (χ4v) is 1.14. The second-order valence-corrected chi connectivity index (χ2v) is 3.16. The summed E-state index contributed by atoms with van der Waals surface area (Å²) in [5.74, 6) is -0.769. The summed E-state index contributed by atoms with van der Waals surface area (Å²) in [4.78, 5) is 26.7. The molecular weight excluding hydrogens is 210 g/mol. The van der Waals surface area contributed by atoms with Crippen LogP contribution in [0.1, 0.15) is 27.8 Å². The Morgan fingerprint density at radius 2 is 2.06 bits per heavy atom. The van der Waals surface area contributed by atoms with E-state index in [0.717, 1.165) is 0 Å². The van der Waals surface area contributed by atoms with Gasteiger partial charge in [0.05, 0.1) is 7.11 Å². The third-order valence-corrected chi connectivity index (χ3v) is 2.16. The average Bonchev–Trinajstić information content (AvgIpc) is 2.36. The van der Waals surface area contributed by atoms with Gasteiger partial charge in [0.25, 0.3) is 0 Å². The quantitative estimate of drug-likeness (QED) is 0.564. The van der Waals surface area contributed by atoms with Crippen LogP contribution < -0.4 is 0 Å². The van der Waals surface area contributed by atoms with Gasteiger partial charge in [-0.1, -0.05) is 0 Å². The van der Waals surface area contributed by atoms with Crippen LogP contribution in [0.4, 0.5) is 0 Å². The maximum atomic E-state index is 11.7. The monoisotopic (exact) mass is 223 g/mol. The highest BCUT2D eigenvalue weighted by Gasteiger charge is 2.16. The molecule has 0 saturated heterocycles. The Balaban J connectivity index is 2.99. The molecule has 86 valence electrons. The van der Waals surface area contributed by atoms with Crippen LogP contribution in [0, 0.1) is 0 Å². The average molecular weight is 223 g/mol.